The van der Waals surface area contributed by atoms with Crippen LogP contribution in [0.4, 0.5) is 4.79 Å². The van der Waals surface area contributed by atoms with Gasteiger partial charge in [0.2, 0.25) is 5.43 Å². The highest BCUT2D eigenvalue weighted by molar-refractivity contribution is 7.15. The van der Waals surface area contributed by atoms with E-state index in [0.717, 1.165) is 42.5 Å². The van der Waals surface area contributed by atoms with Crippen LogP contribution >= 0.6 is 11.3 Å². The summed E-state index contributed by atoms with van der Waals surface area (Å²) < 4.78 is 13.2. The van der Waals surface area contributed by atoms with Crippen LogP contribution in [0.1, 0.15) is 79.2 Å². The molecule has 5 rings (SSSR count). The minimum absolute atomic E-state index is 0.158. The summed E-state index contributed by atoms with van der Waals surface area (Å²) in [5, 5.41) is 12.9. The summed E-state index contributed by atoms with van der Waals surface area (Å²) >= 11 is 1.71. The predicted molar refractivity (Wildman–Crippen MR) is 143 cm³/mol. The lowest BCUT2D eigenvalue weighted by Gasteiger charge is -2.24. The number of pyridine rings is 1. The highest BCUT2D eigenvalue weighted by Crippen LogP contribution is 2.46. The lowest BCUT2D eigenvalue weighted by molar-refractivity contribution is 0.0522. The molecule has 0 saturated heterocycles. The maximum absolute atomic E-state index is 13.0. The number of methoxy groups -OCH3 is 1. The highest BCUT2D eigenvalue weighted by atomic mass is 32.1. The van der Waals surface area contributed by atoms with E-state index in [1.54, 1.807) is 24.5 Å². The number of carbonyl (C=O) groups is 2. The van der Waals surface area contributed by atoms with Gasteiger partial charge in [-0.05, 0) is 76.6 Å². The van der Waals surface area contributed by atoms with Gasteiger partial charge in [-0.2, -0.15) is 0 Å². The zero-order chi connectivity index (χ0) is 26.5. The molecule has 0 spiro atoms. The second-order valence-electron chi connectivity index (χ2n) is 10.8. The largest absolute Gasteiger partial charge is 0.494 e. The van der Waals surface area contributed by atoms with Crippen molar-refractivity contribution in [3.05, 3.63) is 50.6 Å². The van der Waals surface area contributed by atoms with E-state index in [4.69, 9.17) is 9.47 Å². The molecule has 1 unspecified atom stereocenters. The van der Waals surface area contributed by atoms with Gasteiger partial charge in [-0.3, -0.25) is 4.79 Å². The SMILES string of the molecule is COc1c(-c2cc3c(s2)CCCC3CNC(=O)OC(C)(C)C)ccc2c(=O)c(C(=O)O)cn(C3CC3)c12. The number of aryl methyl sites for hydroxylation is 1. The molecule has 37 heavy (non-hydrogen) atoms. The number of hydrogen-bond donors (Lipinski definition) is 2. The standard InChI is InChI=1S/C28H32N2O6S/c1-28(2,3)36-27(34)29-13-15-6-5-7-21-19(15)12-22(37-21)17-10-11-18-23(25(17)35-4)30(16-8-9-16)14-20(24(18)31)26(32)33/h10-12,14-16H,5-9,13H2,1-4H3,(H,29,34)(H,32,33). The highest BCUT2D eigenvalue weighted by Gasteiger charge is 2.30. The summed E-state index contributed by atoms with van der Waals surface area (Å²) in [4.78, 5) is 39.3. The van der Waals surface area contributed by atoms with Crippen LogP contribution in [0.25, 0.3) is 21.3 Å². The zero-order valence-corrected chi connectivity index (χ0v) is 22.4. The molecular formula is C28H32N2O6S. The number of nitrogens with zero attached hydrogens (tertiary/aromatic N) is 1. The zero-order valence-electron chi connectivity index (χ0n) is 21.6. The van der Waals surface area contributed by atoms with Crippen molar-refractivity contribution in [2.45, 2.75) is 70.4 Å². The third-order valence-corrected chi connectivity index (χ3v) is 8.16. The molecule has 0 radical (unpaired) electrons. The summed E-state index contributed by atoms with van der Waals surface area (Å²) in [5.74, 6) is -0.447. The quantitative estimate of drug-likeness (QED) is 0.427. The summed E-state index contributed by atoms with van der Waals surface area (Å²) in [6.45, 7) is 6.04. The van der Waals surface area contributed by atoms with Crippen LogP contribution in [0.15, 0.2) is 29.2 Å². The Morgan fingerprint density at radius 1 is 1.22 bits per heavy atom. The van der Waals surface area contributed by atoms with E-state index in [2.05, 4.69) is 11.4 Å². The van der Waals surface area contributed by atoms with E-state index in [-0.39, 0.29) is 17.5 Å². The number of nitrogens with one attached hydrogen (secondary N) is 1. The van der Waals surface area contributed by atoms with Gasteiger partial charge < -0.3 is 24.5 Å². The molecule has 8 nitrogen and oxygen atoms in total. The summed E-state index contributed by atoms with van der Waals surface area (Å²) in [6.07, 6.45) is 5.93. The van der Waals surface area contributed by atoms with E-state index >= 15 is 0 Å². The number of carboxylic acid groups (broad SMARTS) is 1. The van der Waals surface area contributed by atoms with Crippen LogP contribution in [0.5, 0.6) is 5.75 Å². The molecule has 1 atom stereocenters. The first-order valence-electron chi connectivity index (χ1n) is 12.7. The number of benzene rings is 1. The molecule has 2 N–H and O–H groups in total. The summed E-state index contributed by atoms with van der Waals surface area (Å²) in [7, 11) is 1.59. The van der Waals surface area contributed by atoms with E-state index in [1.807, 2.05) is 31.4 Å². The summed E-state index contributed by atoms with van der Waals surface area (Å²) in [6, 6.07) is 5.91. The van der Waals surface area contributed by atoms with Gasteiger partial charge in [-0.1, -0.05) is 0 Å². The average molecular weight is 525 g/mol. The topological polar surface area (TPSA) is 107 Å². The first-order chi connectivity index (χ1) is 17.6. The van der Waals surface area contributed by atoms with Crippen LogP contribution in [-0.4, -0.2) is 41.0 Å². The fourth-order valence-corrected chi connectivity index (χ4v) is 6.44. The van der Waals surface area contributed by atoms with Crippen molar-refractivity contribution in [3.8, 4) is 16.2 Å². The van der Waals surface area contributed by atoms with Gasteiger partial charge in [-0.25, -0.2) is 9.59 Å². The fourth-order valence-electron chi connectivity index (χ4n) is 5.13. The monoisotopic (exact) mass is 524 g/mol. The van der Waals surface area contributed by atoms with Crippen molar-refractivity contribution in [1.82, 2.24) is 9.88 Å². The number of fused-ring (bicyclic) bond motifs is 2. The first kappa shape index (κ1) is 25.3. The van der Waals surface area contributed by atoms with Crippen LogP contribution in [-0.2, 0) is 11.2 Å². The molecule has 2 aromatic heterocycles. The molecular weight excluding hydrogens is 492 g/mol. The molecule has 1 fully saturated rings. The minimum atomic E-state index is -1.22. The van der Waals surface area contributed by atoms with Crippen molar-refractivity contribution >= 4 is 34.3 Å². The molecule has 1 saturated carbocycles. The Morgan fingerprint density at radius 2 is 1.97 bits per heavy atom. The third kappa shape index (κ3) is 4.97. The molecule has 2 heterocycles. The van der Waals surface area contributed by atoms with Gasteiger partial charge in [0.1, 0.15) is 11.2 Å². The number of ether oxygens (including phenoxy) is 2. The second kappa shape index (κ2) is 9.52. The number of alkyl carbamates (subject to hydrolysis) is 1. The van der Waals surface area contributed by atoms with Crippen molar-refractivity contribution < 1.29 is 24.2 Å². The first-order valence-corrected chi connectivity index (χ1v) is 13.5. The molecule has 0 bridgehead atoms. The third-order valence-electron chi connectivity index (χ3n) is 6.92. The molecule has 3 aromatic rings. The van der Waals surface area contributed by atoms with Crippen molar-refractivity contribution in [2.75, 3.05) is 13.7 Å². The Hall–Kier alpha value is -3.33. The number of thiophene rings is 1. The number of aromatic nitrogens is 1. The Balaban J connectivity index is 1.53. The molecule has 1 aromatic carbocycles. The maximum Gasteiger partial charge on any atom is 0.407 e. The molecule has 1 amide bonds. The van der Waals surface area contributed by atoms with Crippen molar-refractivity contribution in [2.24, 2.45) is 0 Å². The lowest BCUT2D eigenvalue weighted by Crippen LogP contribution is -2.35. The van der Waals surface area contributed by atoms with Gasteiger partial charge in [-0.15, -0.1) is 11.3 Å². The van der Waals surface area contributed by atoms with E-state index in [0.29, 0.717) is 23.2 Å². The van der Waals surface area contributed by atoms with Crippen molar-refractivity contribution in [1.29, 1.82) is 0 Å². The Bertz CT molecular complexity index is 1440. The van der Waals surface area contributed by atoms with Gasteiger partial charge in [0, 0.05) is 40.0 Å². The number of carbonyl (C=O) groups excluding carboxylic acids is 1. The molecule has 9 heteroatoms. The minimum Gasteiger partial charge on any atom is -0.494 e. The average Bonchev–Trinajstić information content (AvgIpc) is 3.58. The molecule has 196 valence electrons. The maximum atomic E-state index is 13.0. The van der Waals surface area contributed by atoms with E-state index in [1.165, 1.54) is 16.6 Å². The van der Waals surface area contributed by atoms with Crippen LogP contribution in [0, 0.1) is 0 Å². The lowest BCUT2D eigenvalue weighted by atomic mass is 9.87. The smallest absolute Gasteiger partial charge is 0.407 e. The number of carboxylic acids is 1. The molecule has 2 aliphatic rings. The normalized spacial score (nSPS) is 17.4. The number of hydrogen-bond acceptors (Lipinski definition) is 6. The van der Waals surface area contributed by atoms with Gasteiger partial charge in [0.15, 0.2) is 5.75 Å². The van der Waals surface area contributed by atoms with Crippen LogP contribution < -0.4 is 15.5 Å². The van der Waals surface area contributed by atoms with E-state index in [9.17, 15) is 19.5 Å². The Morgan fingerprint density at radius 3 is 2.62 bits per heavy atom. The predicted octanol–water partition coefficient (Wildman–Crippen LogP) is 5.72. The fraction of sp³-hybridized carbons (Fsp3) is 0.464. The van der Waals surface area contributed by atoms with E-state index < -0.39 is 23.1 Å². The van der Waals surface area contributed by atoms with Gasteiger partial charge in [0.25, 0.3) is 0 Å². The Labute approximate surface area is 219 Å². The van der Waals surface area contributed by atoms with Gasteiger partial charge in [0.05, 0.1) is 18.0 Å². The molecule has 0 aliphatic heterocycles. The van der Waals surface area contributed by atoms with Gasteiger partial charge >= 0.3 is 12.1 Å². The van der Waals surface area contributed by atoms with Crippen molar-refractivity contribution in [3.63, 3.8) is 0 Å². The number of amides is 1. The van der Waals surface area contributed by atoms with Crippen LogP contribution in [0.3, 0.4) is 0 Å². The Kier molecular flexibility index (Phi) is 6.52. The van der Waals surface area contributed by atoms with Crippen LogP contribution in [0.2, 0.25) is 0 Å². The second-order valence-corrected chi connectivity index (χ2v) is 12.0. The summed E-state index contributed by atoms with van der Waals surface area (Å²) in [5.41, 5.74) is 1.49. The number of rotatable bonds is 6. The molecule has 2 aliphatic carbocycles. The number of aromatic carboxylic acids is 1.